The van der Waals surface area contributed by atoms with Crippen LogP contribution in [0, 0.1) is 5.92 Å². The Balaban J connectivity index is 2.32. The fourth-order valence-electron chi connectivity index (χ4n) is 1.83. The third kappa shape index (κ3) is 3.48. The highest BCUT2D eigenvalue weighted by Crippen LogP contribution is 2.16. The van der Waals surface area contributed by atoms with Gasteiger partial charge in [-0.25, -0.2) is 0 Å². The zero-order chi connectivity index (χ0) is 12.1. The van der Waals surface area contributed by atoms with E-state index in [1.807, 2.05) is 11.8 Å². The minimum Gasteiger partial charge on any atom is -0.481 e. The first kappa shape index (κ1) is 13.0. The molecule has 1 aliphatic rings. The van der Waals surface area contributed by atoms with E-state index in [4.69, 9.17) is 5.11 Å². The molecule has 1 N–H and O–H groups in total. The molecule has 0 spiro atoms. The first-order valence-electron chi connectivity index (χ1n) is 5.73. The second-order valence-corrected chi connectivity index (χ2v) is 4.30. The summed E-state index contributed by atoms with van der Waals surface area (Å²) in [5.74, 6) is -0.830. The van der Waals surface area contributed by atoms with Crippen LogP contribution in [0.25, 0.3) is 0 Å². The van der Waals surface area contributed by atoms with E-state index in [1.165, 1.54) is 0 Å². The summed E-state index contributed by atoms with van der Waals surface area (Å²) in [5, 5.41) is 8.84. The minimum atomic E-state index is -0.711. The highest BCUT2D eigenvalue weighted by molar-refractivity contribution is 5.78. The van der Waals surface area contributed by atoms with E-state index in [0.717, 1.165) is 0 Å². The molecule has 1 rings (SSSR count). The number of rotatable bonds is 4. The van der Waals surface area contributed by atoms with Gasteiger partial charge in [-0.05, 0) is 32.9 Å². The molecule has 1 aliphatic heterocycles. The van der Waals surface area contributed by atoms with Crippen molar-refractivity contribution in [2.45, 2.75) is 19.8 Å². The van der Waals surface area contributed by atoms with Crippen LogP contribution in [-0.2, 0) is 9.59 Å². The van der Waals surface area contributed by atoms with Gasteiger partial charge in [-0.1, -0.05) is 0 Å². The average molecular weight is 228 g/mol. The number of carbonyl (C=O) groups is 2. The van der Waals surface area contributed by atoms with Gasteiger partial charge in [0.25, 0.3) is 0 Å². The van der Waals surface area contributed by atoms with Crippen molar-refractivity contribution in [2.24, 2.45) is 5.92 Å². The lowest BCUT2D eigenvalue weighted by Gasteiger charge is -2.30. The zero-order valence-electron chi connectivity index (χ0n) is 9.98. The molecule has 92 valence electrons. The molecule has 1 fully saturated rings. The summed E-state index contributed by atoms with van der Waals surface area (Å²) in [6.45, 7) is 4.48. The first-order chi connectivity index (χ1) is 7.54. The van der Waals surface area contributed by atoms with Gasteiger partial charge in [-0.2, -0.15) is 0 Å². The fraction of sp³-hybridized carbons (Fsp3) is 0.818. The molecule has 0 atom stereocenters. The van der Waals surface area contributed by atoms with E-state index in [2.05, 4.69) is 0 Å². The smallest absolute Gasteiger partial charge is 0.306 e. The Morgan fingerprint density at radius 3 is 2.38 bits per heavy atom. The molecular weight excluding hydrogens is 208 g/mol. The number of piperidine rings is 1. The standard InChI is InChI=1S/C11H20N2O3/c1-3-12(2)10(14)8-13-6-4-9(5-7-13)11(15)16/h9H,3-8H2,1-2H3,(H,15,16). The van der Waals surface area contributed by atoms with Crippen molar-refractivity contribution >= 4 is 11.9 Å². The highest BCUT2D eigenvalue weighted by atomic mass is 16.4. The topological polar surface area (TPSA) is 60.9 Å². The fourth-order valence-corrected chi connectivity index (χ4v) is 1.83. The van der Waals surface area contributed by atoms with E-state index < -0.39 is 5.97 Å². The predicted molar refractivity (Wildman–Crippen MR) is 60.1 cm³/mol. The van der Waals surface area contributed by atoms with E-state index in [1.54, 1.807) is 11.9 Å². The Bertz CT molecular complexity index is 260. The number of nitrogens with zero attached hydrogens (tertiary/aromatic N) is 2. The predicted octanol–water partition coefficient (Wildman–Crippen LogP) is 0.261. The zero-order valence-corrected chi connectivity index (χ0v) is 9.98. The molecule has 0 unspecified atom stereocenters. The summed E-state index contributed by atoms with van der Waals surface area (Å²) in [6, 6.07) is 0. The van der Waals surface area contributed by atoms with Crippen molar-refractivity contribution < 1.29 is 14.7 Å². The molecule has 1 saturated heterocycles. The summed E-state index contributed by atoms with van der Waals surface area (Å²) in [7, 11) is 1.78. The number of likely N-dealkylation sites (N-methyl/N-ethyl adjacent to an activating group) is 1. The van der Waals surface area contributed by atoms with Gasteiger partial charge in [0.2, 0.25) is 5.91 Å². The van der Waals surface area contributed by atoms with Crippen LogP contribution in [0.1, 0.15) is 19.8 Å². The number of likely N-dealkylation sites (tertiary alicyclic amines) is 1. The van der Waals surface area contributed by atoms with E-state index in [9.17, 15) is 9.59 Å². The monoisotopic (exact) mass is 228 g/mol. The Labute approximate surface area is 96.0 Å². The summed E-state index contributed by atoms with van der Waals surface area (Å²) >= 11 is 0. The van der Waals surface area contributed by atoms with Crippen LogP contribution in [0.15, 0.2) is 0 Å². The van der Waals surface area contributed by atoms with Crippen molar-refractivity contribution in [1.82, 2.24) is 9.80 Å². The molecule has 5 heteroatoms. The van der Waals surface area contributed by atoms with E-state index in [-0.39, 0.29) is 11.8 Å². The van der Waals surface area contributed by atoms with Gasteiger partial charge in [0.15, 0.2) is 0 Å². The first-order valence-corrected chi connectivity index (χ1v) is 5.73. The highest BCUT2D eigenvalue weighted by Gasteiger charge is 2.25. The van der Waals surface area contributed by atoms with Crippen LogP contribution in [0.3, 0.4) is 0 Å². The Kier molecular flexibility index (Phi) is 4.73. The van der Waals surface area contributed by atoms with Crippen LogP contribution in [0.4, 0.5) is 0 Å². The Hall–Kier alpha value is -1.10. The Morgan fingerprint density at radius 1 is 1.38 bits per heavy atom. The summed E-state index contributed by atoms with van der Waals surface area (Å²) in [6.07, 6.45) is 1.30. The third-order valence-corrected chi connectivity index (χ3v) is 3.20. The molecule has 0 aliphatic carbocycles. The molecule has 5 nitrogen and oxygen atoms in total. The van der Waals surface area contributed by atoms with Gasteiger partial charge in [0, 0.05) is 13.6 Å². The van der Waals surface area contributed by atoms with Gasteiger partial charge in [0.05, 0.1) is 12.5 Å². The lowest BCUT2D eigenvalue weighted by Crippen LogP contribution is -2.43. The maximum atomic E-state index is 11.6. The molecule has 0 radical (unpaired) electrons. The summed E-state index contributed by atoms with van der Waals surface area (Å²) in [4.78, 5) is 26.1. The van der Waals surface area contributed by atoms with E-state index in [0.29, 0.717) is 39.0 Å². The van der Waals surface area contributed by atoms with Crippen LogP contribution >= 0.6 is 0 Å². The van der Waals surface area contributed by atoms with Crippen LogP contribution in [-0.4, -0.2) is 60.0 Å². The average Bonchev–Trinajstić information content (AvgIpc) is 2.28. The van der Waals surface area contributed by atoms with Crippen molar-refractivity contribution in [1.29, 1.82) is 0 Å². The van der Waals surface area contributed by atoms with Crippen molar-refractivity contribution in [2.75, 3.05) is 33.2 Å². The quantitative estimate of drug-likeness (QED) is 0.750. The van der Waals surface area contributed by atoms with Crippen LogP contribution < -0.4 is 0 Å². The molecular formula is C11H20N2O3. The molecule has 0 aromatic heterocycles. The molecule has 1 heterocycles. The van der Waals surface area contributed by atoms with Crippen LogP contribution in [0.2, 0.25) is 0 Å². The van der Waals surface area contributed by atoms with Crippen molar-refractivity contribution in [3.05, 3.63) is 0 Å². The van der Waals surface area contributed by atoms with E-state index >= 15 is 0 Å². The number of carboxylic acid groups (broad SMARTS) is 1. The van der Waals surface area contributed by atoms with Crippen molar-refractivity contribution in [3.8, 4) is 0 Å². The van der Waals surface area contributed by atoms with Gasteiger partial charge in [-0.3, -0.25) is 14.5 Å². The van der Waals surface area contributed by atoms with Crippen LogP contribution in [0.5, 0.6) is 0 Å². The van der Waals surface area contributed by atoms with Gasteiger partial charge in [-0.15, -0.1) is 0 Å². The summed E-state index contributed by atoms with van der Waals surface area (Å²) in [5.41, 5.74) is 0. The lowest BCUT2D eigenvalue weighted by atomic mass is 9.97. The summed E-state index contributed by atoms with van der Waals surface area (Å²) < 4.78 is 0. The molecule has 0 saturated carbocycles. The maximum Gasteiger partial charge on any atom is 0.306 e. The number of hydrogen-bond acceptors (Lipinski definition) is 3. The molecule has 1 amide bonds. The molecule has 0 aromatic carbocycles. The van der Waals surface area contributed by atoms with Gasteiger partial charge in [0.1, 0.15) is 0 Å². The largest absolute Gasteiger partial charge is 0.481 e. The molecule has 16 heavy (non-hydrogen) atoms. The van der Waals surface area contributed by atoms with Crippen molar-refractivity contribution in [3.63, 3.8) is 0 Å². The molecule has 0 bridgehead atoms. The number of carbonyl (C=O) groups excluding carboxylic acids is 1. The number of aliphatic carboxylic acids is 1. The number of carboxylic acids is 1. The maximum absolute atomic E-state index is 11.6. The second kappa shape index (κ2) is 5.84. The normalized spacial score (nSPS) is 18.4. The minimum absolute atomic E-state index is 0.108. The third-order valence-electron chi connectivity index (χ3n) is 3.20. The Morgan fingerprint density at radius 2 is 1.94 bits per heavy atom. The molecule has 0 aromatic rings. The number of hydrogen-bond donors (Lipinski definition) is 1. The number of amides is 1. The lowest BCUT2D eigenvalue weighted by molar-refractivity contribution is -0.143. The van der Waals surface area contributed by atoms with Gasteiger partial charge >= 0.3 is 5.97 Å². The van der Waals surface area contributed by atoms with Gasteiger partial charge < -0.3 is 10.0 Å². The second-order valence-electron chi connectivity index (χ2n) is 4.30. The SMILES string of the molecule is CCN(C)C(=O)CN1CCC(C(=O)O)CC1.